The summed E-state index contributed by atoms with van der Waals surface area (Å²) in [6.07, 6.45) is 2.74. The average Bonchev–Trinajstić information content (AvgIpc) is 2.52. The van der Waals surface area contributed by atoms with Gasteiger partial charge in [0.05, 0.1) is 0 Å². The maximum atomic E-state index is 5.59. The van der Waals surface area contributed by atoms with E-state index in [1.165, 1.54) is 32.5 Å². The SMILES string of the molecule is CCC1CCN(CC(C)CN)C1. The third-order valence-electron chi connectivity index (χ3n) is 2.92. The first kappa shape index (κ1) is 10.0. The number of nitrogens with two attached hydrogens (primary N) is 1. The first-order valence-corrected chi connectivity index (χ1v) is 5.18. The van der Waals surface area contributed by atoms with E-state index in [9.17, 15) is 0 Å². The topological polar surface area (TPSA) is 29.3 Å². The Balaban J connectivity index is 2.18. The zero-order valence-corrected chi connectivity index (χ0v) is 8.42. The lowest BCUT2D eigenvalue weighted by Crippen LogP contribution is -2.29. The molecule has 0 aromatic heterocycles. The largest absolute Gasteiger partial charge is 0.330 e. The molecule has 1 saturated heterocycles. The van der Waals surface area contributed by atoms with Crippen LogP contribution < -0.4 is 5.73 Å². The van der Waals surface area contributed by atoms with Gasteiger partial charge in [-0.25, -0.2) is 0 Å². The van der Waals surface area contributed by atoms with E-state index in [2.05, 4.69) is 18.7 Å². The summed E-state index contributed by atoms with van der Waals surface area (Å²) in [4.78, 5) is 2.56. The second kappa shape index (κ2) is 4.83. The highest BCUT2D eigenvalue weighted by atomic mass is 15.1. The highest BCUT2D eigenvalue weighted by Gasteiger charge is 2.21. The molecule has 2 heteroatoms. The molecule has 12 heavy (non-hydrogen) atoms. The van der Waals surface area contributed by atoms with Crippen LogP contribution in [0.3, 0.4) is 0 Å². The van der Waals surface area contributed by atoms with E-state index in [0.29, 0.717) is 5.92 Å². The molecular weight excluding hydrogens is 148 g/mol. The fourth-order valence-corrected chi connectivity index (χ4v) is 1.93. The zero-order valence-electron chi connectivity index (χ0n) is 8.42. The third kappa shape index (κ3) is 2.76. The third-order valence-corrected chi connectivity index (χ3v) is 2.92. The van der Waals surface area contributed by atoms with Crippen molar-refractivity contribution in [2.24, 2.45) is 17.6 Å². The van der Waals surface area contributed by atoms with Crippen LogP contribution in [0.15, 0.2) is 0 Å². The molecule has 1 aliphatic heterocycles. The van der Waals surface area contributed by atoms with E-state index >= 15 is 0 Å². The van der Waals surface area contributed by atoms with Crippen LogP contribution >= 0.6 is 0 Å². The fourth-order valence-electron chi connectivity index (χ4n) is 1.93. The summed E-state index contributed by atoms with van der Waals surface area (Å²) in [6.45, 7) is 9.16. The number of rotatable bonds is 4. The Morgan fingerprint density at radius 2 is 2.33 bits per heavy atom. The number of nitrogens with zero attached hydrogens (tertiary/aromatic N) is 1. The van der Waals surface area contributed by atoms with Gasteiger partial charge in [-0.05, 0) is 31.3 Å². The molecule has 1 heterocycles. The highest BCUT2D eigenvalue weighted by molar-refractivity contribution is 4.75. The Morgan fingerprint density at radius 1 is 1.58 bits per heavy atom. The van der Waals surface area contributed by atoms with Crippen LogP contribution in [-0.4, -0.2) is 31.1 Å². The van der Waals surface area contributed by atoms with Crippen molar-refractivity contribution in [2.75, 3.05) is 26.2 Å². The lowest BCUT2D eigenvalue weighted by Gasteiger charge is -2.19. The molecule has 2 nitrogen and oxygen atoms in total. The Morgan fingerprint density at radius 3 is 2.83 bits per heavy atom. The summed E-state index contributed by atoms with van der Waals surface area (Å²) >= 11 is 0. The molecule has 1 rings (SSSR count). The molecule has 2 N–H and O–H groups in total. The molecule has 2 atom stereocenters. The van der Waals surface area contributed by atoms with Gasteiger partial charge in [0.1, 0.15) is 0 Å². The quantitative estimate of drug-likeness (QED) is 0.689. The van der Waals surface area contributed by atoms with Gasteiger partial charge in [-0.2, -0.15) is 0 Å². The van der Waals surface area contributed by atoms with Crippen molar-refractivity contribution >= 4 is 0 Å². The van der Waals surface area contributed by atoms with Crippen molar-refractivity contribution in [2.45, 2.75) is 26.7 Å². The normalized spacial score (nSPS) is 27.8. The molecule has 0 bridgehead atoms. The van der Waals surface area contributed by atoms with E-state index in [1.807, 2.05) is 0 Å². The van der Waals surface area contributed by atoms with E-state index in [-0.39, 0.29) is 0 Å². The van der Waals surface area contributed by atoms with E-state index in [1.54, 1.807) is 0 Å². The standard InChI is InChI=1S/C10H22N2/c1-3-10-4-5-12(8-10)7-9(2)6-11/h9-10H,3-8,11H2,1-2H3. The molecule has 1 aliphatic rings. The molecule has 0 radical (unpaired) electrons. The summed E-state index contributed by atoms with van der Waals surface area (Å²) in [7, 11) is 0. The Labute approximate surface area is 76.1 Å². The van der Waals surface area contributed by atoms with E-state index in [0.717, 1.165) is 12.5 Å². The Kier molecular flexibility index (Phi) is 4.02. The highest BCUT2D eigenvalue weighted by Crippen LogP contribution is 2.19. The molecule has 1 fully saturated rings. The number of hydrogen-bond acceptors (Lipinski definition) is 2. The van der Waals surface area contributed by atoms with Crippen LogP contribution in [0, 0.1) is 11.8 Å². The van der Waals surface area contributed by atoms with E-state index in [4.69, 9.17) is 5.73 Å². The van der Waals surface area contributed by atoms with Crippen LogP contribution in [-0.2, 0) is 0 Å². The molecule has 0 spiro atoms. The summed E-state index contributed by atoms with van der Waals surface area (Å²) < 4.78 is 0. The van der Waals surface area contributed by atoms with Crippen LogP contribution in [0.4, 0.5) is 0 Å². The maximum Gasteiger partial charge on any atom is 0.00192 e. The summed E-state index contributed by atoms with van der Waals surface area (Å²) in [5.74, 6) is 1.62. The van der Waals surface area contributed by atoms with Crippen LogP contribution in [0.1, 0.15) is 26.7 Å². The van der Waals surface area contributed by atoms with Crippen LogP contribution in [0.25, 0.3) is 0 Å². The molecule has 0 aromatic carbocycles. The molecule has 72 valence electrons. The molecule has 0 amide bonds. The predicted octanol–water partition coefficient (Wildman–Crippen LogP) is 1.31. The van der Waals surface area contributed by atoms with Gasteiger partial charge in [-0.1, -0.05) is 20.3 Å². The van der Waals surface area contributed by atoms with Crippen molar-refractivity contribution < 1.29 is 0 Å². The second-order valence-electron chi connectivity index (χ2n) is 4.16. The van der Waals surface area contributed by atoms with Gasteiger partial charge in [0.25, 0.3) is 0 Å². The summed E-state index contributed by atoms with van der Waals surface area (Å²) in [6, 6.07) is 0. The minimum Gasteiger partial charge on any atom is -0.330 e. The predicted molar refractivity (Wildman–Crippen MR) is 53.1 cm³/mol. The molecule has 0 saturated carbocycles. The monoisotopic (exact) mass is 170 g/mol. The van der Waals surface area contributed by atoms with Crippen LogP contribution in [0.5, 0.6) is 0 Å². The second-order valence-corrected chi connectivity index (χ2v) is 4.16. The average molecular weight is 170 g/mol. The molecular formula is C10H22N2. The van der Waals surface area contributed by atoms with Crippen molar-refractivity contribution in [1.29, 1.82) is 0 Å². The Hall–Kier alpha value is -0.0800. The smallest absolute Gasteiger partial charge is 0.00192 e. The Bertz CT molecular complexity index is 125. The van der Waals surface area contributed by atoms with Gasteiger partial charge < -0.3 is 10.6 Å². The summed E-state index contributed by atoms with van der Waals surface area (Å²) in [5, 5.41) is 0. The molecule has 0 aromatic rings. The van der Waals surface area contributed by atoms with Crippen molar-refractivity contribution in [3.8, 4) is 0 Å². The fraction of sp³-hybridized carbons (Fsp3) is 1.00. The first-order chi connectivity index (χ1) is 5.76. The van der Waals surface area contributed by atoms with Gasteiger partial charge in [0, 0.05) is 13.1 Å². The van der Waals surface area contributed by atoms with Crippen molar-refractivity contribution in [1.82, 2.24) is 4.90 Å². The van der Waals surface area contributed by atoms with Crippen molar-refractivity contribution in [3.05, 3.63) is 0 Å². The van der Waals surface area contributed by atoms with Gasteiger partial charge in [0.15, 0.2) is 0 Å². The first-order valence-electron chi connectivity index (χ1n) is 5.18. The molecule has 2 unspecified atom stereocenters. The van der Waals surface area contributed by atoms with Gasteiger partial charge in [-0.15, -0.1) is 0 Å². The van der Waals surface area contributed by atoms with Crippen molar-refractivity contribution in [3.63, 3.8) is 0 Å². The van der Waals surface area contributed by atoms with Gasteiger partial charge in [-0.3, -0.25) is 0 Å². The molecule has 0 aliphatic carbocycles. The lowest BCUT2D eigenvalue weighted by atomic mass is 10.1. The van der Waals surface area contributed by atoms with Crippen LogP contribution in [0.2, 0.25) is 0 Å². The van der Waals surface area contributed by atoms with Gasteiger partial charge >= 0.3 is 0 Å². The zero-order chi connectivity index (χ0) is 8.97. The maximum absolute atomic E-state index is 5.59. The van der Waals surface area contributed by atoms with E-state index < -0.39 is 0 Å². The lowest BCUT2D eigenvalue weighted by molar-refractivity contribution is 0.280. The number of hydrogen-bond donors (Lipinski definition) is 1. The summed E-state index contributed by atoms with van der Waals surface area (Å²) in [5.41, 5.74) is 5.59. The minimum atomic E-state index is 0.667. The minimum absolute atomic E-state index is 0.667. The van der Waals surface area contributed by atoms with Gasteiger partial charge in [0.2, 0.25) is 0 Å². The number of likely N-dealkylation sites (tertiary alicyclic amines) is 1.